The van der Waals surface area contributed by atoms with Gasteiger partial charge in [-0.2, -0.15) is 13.2 Å². The van der Waals surface area contributed by atoms with Crippen LogP contribution in [0.4, 0.5) is 24.7 Å². The van der Waals surface area contributed by atoms with Gasteiger partial charge in [-0.1, -0.05) is 0 Å². The number of fused-ring (bicyclic) bond motifs is 1. The van der Waals surface area contributed by atoms with Crippen LogP contribution in [0.15, 0.2) is 67.1 Å². The number of halogens is 3. The minimum atomic E-state index is -4.36. The molecule has 0 spiro atoms. The van der Waals surface area contributed by atoms with Gasteiger partial charge in [-0.25, -0.2) is 9.97 Å². The number of aromatic nitrogens is 3. The number of hydrogen-bond donors (Lipinski definition) is 2. The fourth-order valence-corrected chi connectivity index (χ4v) is 2.56. The summed E-state index contributed by atoms with van der Waals surface area (Å²) in [6.45, 7) is 0. The van der Waals surface area contributed by atoms with Gasteiger partial charge < -0.3 is 15.0 Å². The molecular formula is C19H13F3N4O. The van der Waals surface area contributed by atoms with Crippen LogP contribution in [-0.2, 0) is 6.18 Å². The van der Waals surface area contributed by atoms with Crippen LogP contribution in [-0.4, -0.2) is 15.0 Å². The lowest BCUT2D eigenvalue weighted by Crippen LogP contribution is -2.03. The molecule has 0 bridgehead atoms. The van der Waals surface area contributed by atoms with E-state index in [1.165, 1.54) is 18.5 Å². The highest BCUT2D eigenvalue weighted by molar-refractivity contribution is 5.87. The third kappa shape index (κ3) is 3.69. The average molecular weight is 370 g/mol. The molecule has 8 heteroatoms. The number of nitrogens with zero attached hydrogens (tertiary/aromatic N) is 2. The third-order valence-electron chi connectivity index (χ3n) is 3.88. The number of alkyl halides is 3. The van der Waals surface area contributed by atoms with Gasteiger partial charge >= 0.3 is 6.18 Å². The van der Waals surface area contributed by atoms with Crippen molar-refractivity contribution in [2.75, 3.05) is 5.32 Å². The first-order valence-corrected chi connectivity index (χ1v) is 7.99. The summed E-state index contributed by atoms with van der Waals surface area (Å²) in [6.07, 6.45) is -1.11. The number of aromatic amines is 1. The summed E-state index contributed by atoms with van der Waals surface area (Å²) in [4.78, 5) is 11.4. The molecule has 5 nitrogen and oxygen atoms in total. The first kappa shape index (κ1) is 16.9. The second-order valence-electron chi connectivity index (χ2n) is 5.73. The van der Waals surface area contributed by atoms with Crippen LogP contribution in [0.25, 0.3) is 11.0 Å². The standard InChI is InChI=1S/C19H13F3N4O/c20-19(21,22)12-1-5-14(6-2-12)27-15-7-3-13(4-8-15)26-18-17-16(9-10-23-17)24-11-25-18/h1-11,23H,(H,24,25,26). The van der Waals surface area contributed by atoms with Gasteiger partial charge in [0.05, 0.1) is 11.1 Å². The molecule has 0 saturated carbocycles. The molecule has 0 unspecified atom stereocenters. The zero-order valence-electron chi connectivity index (χ0n) is 13.8. The molecule has 0 radical (unpaired) electrons. The van der Waals surface area contributed by atoms with Crippen molar-refractivity contribution in [3.05, 3.63) is 72.7 Å². The fourth-order valence-electron chi connectivity index (χ4n) is 2.56. The Kier molecular flexibility index (Phi) is 4.15. The van der Waals surface area contributed by atoms with E-state index in [-0.39, 0.29) is 0 Å². The predicted molar refractivity (Wildman–Crippen MR) is 95.1 cm³/mol. The number of H-pyrrole nitrogens is 1. The summed E-state index contributed by atoms with van der Waals surface area (Å²) >= 11 is 0. The van der Waals surface area contributed by atoms with Crippen molar-refractivity contribution in [3.63, 3.8) is 0 Å². The molecule has 2 heterocycles. The van der Waals surface area contributed by atoms with E-state index in [0.717, 1.165) is 28.9 Å². The Morgan fingerprint density at radius 1 is 0.852 bits per heavy atom. The van der Waals surface area contributed by atoms with Gasteiger partial charge in [-0.3, -0.25) is 0 Å². The van der Waals surface area contributed by atoms with Crippen LogP contribution in [0, 0.1) is 0 Å². The molecule has 2 N–H and O–H groups in total. The molecular weight excluding hydrogens is 357 g/mol. The van der Waals surface area contributed by atoms with E-state index in [2.05, 4.69) is 20.3 Å². The highest BCUT2D eigenvalue weighted by Gasteiger charge is 2.30. The number of nitrogens with one attached hydrogen (secondary N) is 2. The van der Waals surface area contributed by atoms with Crippen LogP contribution < -0.4 is 10.1 Å². The molecule has 0 atom stereocenters. The monoisotopic (exact) mass is 370 g/mol. The van der Waals surface area contributed by atoms with E-state index in [1.54, 1.807) is 30.5 Å². The number of ether oxygens (including phenoxy) is 1. The van der Waals surface area contributed by atoms with Crippen LogP contribution in [0.1, 0.15) is 5.56 Å². The molecule has 4 rings (SSSR count). The van der Waals surface area contributed by atoms with Crippen LogP contribution in [0.2, 0.25) is 0 Å². The van der Waals surface area contributed by atoms with Gasteiger partial charge in [0.25, 0.3) is 0 Å². The maximum Gasteiger partial charge on any atom is 0.416 e. The SMILES string of the molecule is FC(F)(F)c1ccc(Oc2ccc(Nc3ncnc4cc[nH]c34)cc2)cc1. The summed E-state index contributed by atoms with van der Waals surface area (Å²) in [5, 5.41) is 3.19. The Labute approximate surface area is 151 Å². The van der Waals surface area contributed by atoms with E-state index in [4.69, 9.17) is 4.74 Å². The first-order valence-electron chi connectivity index (χ1n) is 7.99. The Balaban J connectivity index is 1.47. The van der Waals surface area contributed by atoms with Gasteiger partial charge in [-0.15, -0.1) is 0 Å². The van der Waals surface area contributed by atoms with Crippen LogP contribution in [0.5, 0.6) is 11.5 Å². The summed E-state index contributed by atoms with van der Waals surface area (Å²) in [5.74, 6) is 1.47. The van der Waals surface area contributed by atoms with E-state index in [1.807, 2.05) is 6.07 Å². The summed E-state index contributed by atoms with van der Waals surface area (Å²) < 4.78 is 43.3. The van der Waals surface area contributed by atoms with Crippen molar-refractivity contribution in [2.45, 2.75) is 6.18 Å². The quantitative estimate of drug-likeness (QED) is 0.497. The molecule has 0 saturated heterocycles. The highest BCUT2D eigenvalue weighted by atomic mass is 19.4. The number of anilines is 2. The lowest BCUT2D eigenvalue weighted by atomic mass is 10.2. The van der Waals surface area contributed by atoms with Gasteiger partial charge in [0, 0.05) is 11.9 Å². The number of benzene rings is 2. The third-order valence-corrected chi connectivity index (χ3v) is 3.88. The van der Waals surface area contributed by atoms with Gasteiger partial charge in [0.2, 0.25) is 0 Å². The summed E-state index contributed by atoms with van der Waals surface area (Å²) in [6, 6.07) is 13.4. The minimum absolute atomic E-state index is 0.326. The normalized spacial score (nSPS) is 11.5. The van der Waals surface area contributed by atoms with E-state index >= 15 is 0 Å². The maximum atomic E-state index is 12.6. The molecule has 2 aromatic heterocycles. The van der Waals surface area contributed by atoms with Crippen LogP contribution in [0.3, 0.4) is 0 Å². The molecule has 0 aliphatic heterocycles. The summed E-state index contributed by atoms with van der Waals surface area (Å²) in [5.41, 5.74) is 1.66. The molecule has 0 amide bonds. The van der Waals surface area contributed by atoms with Crippen molar-refractivity contribution in [2.24, 2.45) is 0 Å². The van der Waals surface area contributed by atoms with Crippen LogP contribution >= 0.6 is 0 Å². The summed E-state index contributed by atoms with van der Waals surface area (Å²) in [7, 11) is 0. The van der Waals surface area contributed by atoms with Crippen molar-refractivity contribution >= 4 is 22.5 Å². The topological polar surface area (TPSA) is 62.8 Å². The molecule has 0 fully saturated rings. The molecule has 0 aliphatic carbocycles. The smallest absolute Gasteiger partial charge is 0.416 e. The lowest BCUT2D eigenvalue weighted by molar-refractivity contribution is -0.137. The molecule has 136 valence electrons. The van der Waals surface area contributed by atoms with Crippen molar-refractivity contribution in [3.8, 4) is 11.5 Å². The zero-order chi connectivity index (χ0) is 18.9. The Bertz CT molecular complexity index is 1060. The van der Waals surface area contributed by atoms with E-state index in [9.17, 15) is 13.2 Å². The van der Waals surface area contributed by atoms with Crippen molar-refractivity contribution < 1.29 is 17.9 Å². The predicted octanol–water partition coefficient (Wildman–Crippen LogP) is 5.51. The Morgan fingerprint density at radius 2 is 1.52 bits per heavy atom. The van der Waals surface area contributed by atoms with Crippen molar-refractivity contribution in [1.29, 1.82) is 0 Å². The van der Waals surface area contributed by atoms with E-state index < -0.39 is 11.7 Å². The minimum Gasteiger partial charge on any atom is -0.457 e. The molecule has 0 aliphatic rings. The number of rotatable bonds is 4. The first-order chi connectivity index (χ1) is 13.0. The number of hydrogen-bond acceptors (Lipinski definition) is 4. The Hall–Kier alpha value is -3.55. The van der Waals surface area contributed by atoms with E-state index in [0.29, 0.717) is 17.3 Å². The average Bonchev–Trinajstić information content (AvgIpc) is 3.13. The maximum absolute atomic E-state index is 12.6. The second-order valence-corrected chi connectivity index (χ2v) is 5.73. The van der Waals surface area contributed by atoms with Gasteiger partial charge in [0.15, 0.2) is 5.82 Å². The molecule has 27 heavy (non-hydrogen) atoms. The van der Waals surface area contributed by atoms with Crippen molar-refractivity contribution in [1.82, 2.24) is 15.0 Å². The molecule has 4 aromatic rings. The van der Waals surface area contributed by atoms with Gasteiger partial charge in [-0.05, 0) is 54.6 Å². The largest absolute Gasteiger partial charge is 0.457 e. The van der Waals surface area contributed by atoms with Gasteiger partial charge in [0.1, 0.15) is 23.3 Å². The zero-order valence-corrected chi connectivity index (χ0v) is 13.8. The fraction of sp³-hybridized carbons (Fsp3) is 0.0526. The Morgan fingerprint density at radius 3 is 2.19 bits per heavy atom. The highest BCUT2D eigenvalue weighted by Crippen LogP contribution is 2.31. The molecule has 2 aromatic carbocycles. The second kappa shape index (κ2) is 6.64. The lowest BCUT2D eigenvalue weighted by Gasteiger charge is -2.10.